The molecule has 0 bridgehead atoms. The molecule has 0 spiro atoms. The summed E-state index contributed by atoms with van der Waals surface area (Å²) in [6, 6.07) is 5.54. The van der Waals surface area contributed by atoms with Gasteiger partial charge >= 0.3 is 0 Å². The lowest BCUT2D eigenvalue weighted by atomic mass is 10.0. The zero-order valence-electron chi connectivity index (χ0n) is 17.1. The number of hydrogen-bond donors (Lipinski definition) is 3. The lowest BCUT2D eigenvalue weighted by Gasteiger charge is -2.29. The number of aromatic nitrogens is 3. The summed E-state index contributed by atoms with van der Waals surface area (Å²) in [5.74, 6) is -0.823. The van der Waals surface area contributed by atoms with Crippen molar-refractivity contribution in [2.75, 3.05) is 13.1 Å². The predicted octanol–water partition coefficient (Wildman–Crippen LogP) is -0.137. The van der Waals surface area contributed by atoms with E-state index in [0.29, 0.717) is 37.7 Å². The van der Waals surface area contributed by atoms with Gasteiger partial charge in [0.1, 0.15) is 6.04 Å². The fraction of sp³-hybridized carbons (Fsp3) is 0.476. The molecule has 3 aliphatic rings. The molecule has 2 fully saturated rings. The highest BCUT2D eigenvalue weighted by atomic mass is 16.2. The standard InChI is InChI=1S/C21H25N7O3/c29-18-5-4-17(20(30)24-18)27-11-14-3-1-2-13(19(14)21(27)31)8-23-9-15-12-28(26-25-15)16-6-7-22-10-16/h1-3,12,16-17,22-23H,4-11H2,(H,24,29,30). The molecular weight excluding hydrogens is 398 g/mol. The van der Waals surface area contributed by atoms with Crippen molar-refractivity contribution in [1.29, 1.82) is 0 Å². The molecule has 3 aliphatic heterocycles. The second-order valence-corrected chi connectivity index (χ2v) is 8.29. The first-order valence-corrected chi connectivity index (χ1v) is 10.7. The van der Waals surface area contributed by atoms with E-state index in [2.05, 4.69) is 26.3 Å². The number of nitrogens with one attached hydrogen (secondary N) is 3. The van der Waals surface area contributed by atoms with Gasteiger partial charge in [0.15, 0.2) is 0 Å². The summed E-state index contributed by atoms with van der Waals surface area (Å²) in [7, 11) is 0. The molecule has 3 N–H and O–H groups in total. The molecule has 2 atom stereocenters. The fourth-order valence-electron chi connectivity index (χ4n) is 4.60. The van der Waals surface area contributed by atoms with Crippen LogP contribution in [0.5, 0.6) is 0 Å². The molecule has 4 heterocycles. The van der Waals surface area contributed by atoms with Crippen molar-refractivity contribution in [2.24, 2.45) is 0 Å². The summed E-state index contributed by atoms with van der Waals surface area (Å²) in [4.78, 5) is 38.4. The molecule has 2 unspecified atom stereocenters. The first kappa shape index (κ1) is 19.8. The Hall–Kier alpha value is -3.11. The maximum atomic E-state index is 13.1. The fourth-order valence-corrected chi connectivity index (χ4v) is 4.60. The van der Waals surface area contributed by atoms with Crippen LogP contribution >= 0.6 is 0 Å². The third-order valence-electron chi connectivity index (χ3n) is 6.23. The average Bonchev–Trinajstić information content (AvgIpc) is 3.49. The Balaban J connectivity index is 1.24. The third-order valence-corrected chi connectivity index (χ3v) is 6.23. The second kappa shape index (κ2) is 8.20. The summed E-state index contributed by atoms with van der Waals surface area (Å²) in [5, 5.41) is 17.5. The van der Waals surface area contributed by atoms with E-state index in [4.69, 9.17) is 0 Å². The molecule has 10 nitrogen and oxygen atoms in total. The van der Waals surface area contributed by atoms with Crippen LogP contribution < -0.4 is 16.0 Å². The molecule has 2 saturated heterocycles. The number of benzene rings is 1. The summed E-state index contributed by atoms with van der Waals surface area (Å²) >= 11 is 0. The number of carbonyl (C=O) groups is 3. The van der Waals surface area contributed by atoms with Gasteiger partial charge in [0.2, 0.25) is 11.8 Å². The minimum absolute atomic E-state index is 0.151. The number of imide groups is 1. The monoisotopic (exact) mass is 423 g/mol. The Morgan fingerprint density at radius 2 is 2.06 bits per heavy atom. The van der Waals surface area contributed by atoms with Crippen LogP contribution in [0.15, 0.2) is 24.4 Å². The van der Waals surface area contributed by atoms with Crippen LogP contribution in [0.3, 0.4) is 0 Å². The SMILES string of the molecule is O=C1CCC(N2Cc3cccc(CNCc4cn(C5CCNC5)nn4)c3C2=O)C(=O)N1. The van der Waals surface area contributed by atoms with Crippen molar-refractivity contribution in [2.45, 2.75) is 51.0 Å². The van der Waals surface area contributed by atoms with Crippen molar-refractivity contribution in [3.05, 3.63) is 46.8 Å². The lowest BCUT2D eigenvalue weighted by molar-refractivity contribution is -0.136. The van der Waals surface area contributed by atoms with Gasteiger partial charge in [-0.15, -0.1) is 5.10 Å². The van der Waals surface area contributed by atoms with Crippen LogP contribution in [0.25, 0.3) is 0 Å². The van der Waals surface area contributed by atoms with Crippen LogP contribution in [0.1, 0.15) is 52.5 Å². The minimum atomic E-state index is -0.599. The summed E-state index contributed by atoms with van der Waals surface area (Å²) in [6.07, 6.45) is 3.64. The van der Waals surface area contributed by atoms with Crippen molar-refractivity contribution in [3.63, 3.8) is 0 Å². The van der Waals surface area contributed by atoms with Crippen LogP contribution in [0.4, 0.5) is 0 Å². The Morgan fingerprint density at radius 1 is 1.16 bits per heavy atom. The number of fused-ring (bicyclic) bond motifs is 1. The van der Waals surface area contributed by atoms with Crippen LogP contribution in [0.2, 0.25) is 0 Å². The number of rotatable bonds is 6. The van der Waals surface area contributed by atoms with E-state index in [-0.39, 0.29) is 18.2 Å². The molecule has 0 saturated carbocycles. The van der Waals surface area contributed by atoms with Crippen LogP contribution in [-0.4, -0.2) is 56.7 Å². The van der Waals surface area contributed by atoms with Gasteiger partial charge in [0.25, 0.3) is 5.91 Å². The van der Waals surface area contributed by atoms with E-state index in [0.717, 1.165) is 36.3 Å². The van der Waals surface area contributed by atoms with E-state index in [1.165, 1.54) is 0 Å². The van der Waals surface area contributed by atoms with Crippen molar-refractivity contribution in [3.8, 4) is 0 Å². The summed E-state index contributed by atoms with van der Waals surface area (Å²) < 4.78 is 1.92. The van der Waals surface area contributed by atoms with Crippen molar-refractivity contribution < 1.29 is 14.4 Å². The summed E-state index contributed by atoms with van der Waals surface area (Å²) in [6.45, 7) is 3.36. The van der Waals surface area contributed by atoms with E-state index in [1.807, 2.05) is 29.1 Å². The van der Waals surface area contributed by atoms with Crippen LogP contribution in [-0.2, 0) is 29.2 Å². The third kappa shape index (κ3) is 3.84. The molecular formula is C21H25N7O3. The van der Waals surface area contributed by atoms with Crippen LogP contribution in [0, 0.1) is 0 Å². The molecule has 31 heavy (non-hydrogen) atoms. The molecule has 1 aromatic carbocycles. The van der Waals surface area contributed by atoms with E-state index >= 15 is 0 Å². The van der Waals surface area contributed by atoms with Gasteiger partial charge in [-0.1, -0.05) is 23.4 Å². The Morgan fingerprint density at radius 3 is 2.87 bits per heavy atom. The normalized spacial score (nSPS) is 23.4. The Kier molecular flexibility index (Phi) is 5.24. The first-order valence-electron chi connectivity index (χ1n) is 10.7. The van der Waals surface area contributed by atoms with E-state index in [9.17, 15) is 14.4 Å². The van der Waals surface area contributed by atoms with Gasteiger partial charge in [-0.2, -0.15) is 0 Å². The molecule has 2 aromatic rings. The minimum Gasteiger partial charge on any atom is -0.322 e. The predicted molar refractivity (Wildman–Crippen MR) is 110 cm³/mol. The van der Waals surface area contributed by atoms with Gasteiger partial charge in [-0.3, -0.25) is 19.7 Å². The lowest BCUT2D eigenvalue weighted by Crippen LogP contribution is -2.52. The zero-order valence-corrected chi connectivity index (χ0v) is 17.1. The smallest absolute Gasteiger partial charge is 0.255 e. The molecule has 0 aliphatic carbocycles. The molecule has 3 amide bonds. The maximum Gasteiger partial charge on any atom is 0.255 e. The average molecular weight is 423 g/mol. The highest BCUT2D eigenvalue weighted by Crippen LogP contribution is 2.29. The molecule has 0 radical (unpaired) electrons. The van der Waals surface area contributed by atoms with E-state index in [1.54, 1.807) is 4.90 Å². The number of piperidine rings is 1. The number of amides is 3. The second-order valence-electron chi connectivity index (χ2n) is 8.29. The highest BCUT2D eigenvalue weighted by molar-refractivity contribution is 6.05. The largest absolute Gasteiger partial charge is 0.322 e. The topological polar surface area (TPSA) is 121 Å². The quantitative estimate of drug-likeness (QED) is 0.553. The number of hydrogen-bond acceptors (Lipinski definition) is 7. The van der Waals surface area contributed by atoms with Gasteiger partial charge in [0, 0.05) is 38.2 Å². The first-order chi connectivity index (χ1) is 15.1. The maximum absolute atomic E-state index is 13.1. The molecule has 10 heteroatoms. The molecule has 5 rings (SSSR count). The number of carbonyl (C=O) groups excluding carboxylic acids is 3. The van der Waals surface area contributed by atoms with Crippen molar-refractivity contribution >= 4 is 17.7 Å². The zero-order chi connectivity index (χ0) is 21.4. The molecule has 1 aromatic heterocycles. The Bertz CT molecular complexity index is 1030. The number of nitrogens with zero attached hydrogens (tertiary/aromatic N) is 4. The Labute approximate surface area is 179 Å². The van der Waals surface area contributed by atoms with Gasteiger partial charge in [-0.25, -0.2) is 4.68 Å². The van der Waals surface area contributed by atoms with Crippen molar-refractivity contribution in [1.82, 2.24) is 35.8 Å². The summed E-state index contributed by atoms with van der Waals surface area (Å²) in [5.41, 5.74) is 3.31. The van der Waals surface area contributed by atoms with Gasteiger partial charge in [-0.05, 0) is 30.5 Å². The van der Waals surface area contributed by atoms with Gasteiger partial charge < -0.3 is 15.5 Å². The van der Waals surface area contributed by atoms with E-state index < -0.39 is 11.9 Å². The molecule has 162 valence electrons. The van der Waals surface area contributed by atoms with Gasteiger partial charge in [0.05, 0.1) is 17.9 Å². The highest BCUT2D eigenvalue weighted by Gasteiger charge is 2.39.